The van der Waals surface area contributed by atoms with E-state index in [2.05, 4.69) is 10.2 Å². The number of sulfonamides is 1. The van der Waals surface area contributed by atoms with E-state index < -0.39 is 28.3 Å². The van der Waals surface area contributed by atoms with Crippen molar-refractivity contribution in [1.29, 1.82) is 0 Å². The lowest BCUT2D eigenvalue weighted by Crippen LogP contribution is -2.57. The highest BCUT2D eigenvalue weighted by atomic mass is 32.2. The first-order valence-corrected chi connectivity index (χ1v) is 14.3. The van der Waals surface area contributed by atoms with Crippen LogP contribution in [0.1, 0.15) is 31.2 Å². The van der Waals surface area contributed by atoms with Gasteiger partial charge in [-0.1, -0.05) is 12.1 Å². The van der Waals surface area contributed by atoms with E-state index in [0.29, 0.717) is 19.4 Å². The van der Waals surface area contributed by atoms with Gasteiger partial charge in [-0.3, -0.25) is 9.69 Å². The van der Waals surface area contributed by atoms with Crippen molar-refractivity contribution in [3.8, 4) is 0 Å². The SMILES string of the molecule is Cc1cccc(S(=O)(=O)N2C[C@@H](O)COC[C@@H]3O[C@@H](CC(=O)NCCCN4CCOCC4)CC[C@H]32)c1. The van der Waals surface area contributed by atoms with Crippen LogP contribution in [0.5, 0.6) is 0 Å². The highest BCUT2D eigenvalue weighted by Crippen LogP contribution is 2.31. The zero-order chi connectivity index (χ0) is 25.5. The fourth-order valence-corrected chi connectivity index (χ4v) is 6.94. The summed E-state index contributed by atoms with van der Waals surface area (Å²) in [5, 5.41) is 13.3. The molecule has 0 aliphatic carbocycles. The molecule has 4 atom stereocenters. The van der Waals surface area contributed by atoms with Crippen LogP contribution in [-0.2, 0) is 29.0 Å². The van der Waals surface area contributed by atoms with Gasteiger partial charge in [0, 0.05) is 26.2 Å². The molecule has 1 aromatic rings. The maximum Gasteiger partial charge on any atom is 0.243 e. The quantitative estimate of drug-likeness (QED) is 0.472. The number of carbonyl (C=O) groups is 1. The van der Waals surface area contributed by atoms with E-state index in [1.165, 1.54) is 4.31 Å². The maximum absolute atomic E-state index is 13.6. The van der Waals surface area contributed by atoms with Crippen molar-refractivity contribution in [2.24, 2.45) is 0 Å². The summed E-state index contributed by atoms with van der Waals surface area (Å²) >= 11 is 0. The predicted molar refractivity (Wildman–Crippen MR) is 133 cm³/mol. The van der Waals surface area contributed by atoms with E-state index in [9.17, 15) is 18.3 Å². The lowest BCUT2D eigenvalue weighted by atomic mass is 9.96. The number of aryl methyl sites for hydroxylation is 1. The van der Waals surface area contributed by atoms with Crippen molar-refractivity contribution in [3.05, 3.63) is 29.8 Å². The predicted octanol–water partition coefficient (Wildman–Crippen LogP) is 0.522. The number of morpholine rings is 1. The molecule has 202 valence electrons. The number of ether oxygens (including phenoxy) is 3. The van der Waals surface area contributed by atoms with Gasteiger partial charge < -0.3 is 24.6 Å². The van der Waals surface area contributed by atoms with Crippen LogP contribution in [0.3, 0.4) is 0 Å². The fourth-order valence-electron chi connectivity index (χ4n) is 5.12. The average molecular weight is 526 g/mol. The van der Waals surface area contributed by atoms with E-state index in [-0.39, 0.29) is 43.1 Å². The molecule has 10 nitrogen and oxygen atoms in total. The molecule has 3 saturated heterocycles. The number of hydrogen-bond acceptors (Lipinski definition) is 8. The Morgan fingerprint density at radius 3 is 2.75 bits per heavy atom. The summed E-state index contributed by atoms with van der Waals surface area (Å²) in [7, 11) is -3.85. The van der Waals surface area contributed by atoms with Gasteiger partial charge in [0.1, 0.15) is 0 Å². The van der Waals surface area contributed by atoms with Crippen LogP contribution in [0, 0.1) is 6.92 Å². The van der Waals surface area contributed by atoms with Gasteiger partial charge in [0.2, 0.25) is 15.9 Å². The molecule has 0 radical (unpaired) electrons. The molecule has 0 bridgehead atoms. The Morgan fingerprint density at radius 2 is 1.97 bits per heavy atom. The minimum absolute atomic E-state index is 0.0285. The van der Waals surface area contributed by atoms with Crippen molar-refractivity contribution in [2.45, 2.75) is 61.9 Å². The van der Waals surface area contributed by atoms with Crippen molar-refractivity contribution >= 4 is 15.9 Å². The molecule has 36 heavy (non-hydrogen) atoms. The Morgan fingerprint density at radius 1 is 1.17 bits per heavy atom. The number of fused-ring (bicyclic) bond motifs is 1. The molecule has 3 aliphatic rings. The molecule has 3 fully saturated rings. The van der Waals surface area contributed by atoms with Gasteiger partial charge >= 0.3 is 0 Å². The number of rotatable bonds is 8. The van der Waals surface area contributed by atoms with Gasteiger partial charge in [0.15, 0.2) is 0 Å². The van der Waals surface area contributed by atoms with Crippen molar-refractivity contribution in [1.82, 2.24) is 14.5 Å². The minimum Gasteiger partial charge on any atom is -0.389 e. The molecule has 0 saturated carbocycles. The van der Waals surface area contributed by atoms with Crippen LogP contribution in [0.2, 0.25) is 0 Å². The summed E-state index contributed by atoms with van der Waals surface area (Å²) in [6.45, 7) is 6.92. The van der Waals surface area contributed by atoms with Gasteiger partial charge in [0.25, 0.3) is 0 Å². The third-order valence-corrected chi connectivity index (χ3v) is 8.91. The second kappa shape index (κ2) is 12.8. The van der Waals surface area contributed by atoms with E-state index >= 15 is 0 Å². The molecular weight excluding hydrogens is 486 g/mol. The molecule has 0 spiro atoms. The number of amides is 1. The van der Waals surface area contributed by atoms with Gasteiger partial charge in [0.05, 0.1) is 62.1 Å². The summed E-state index contributed by atoms with van der Waals surface area (Å²) in [5.74, 6) is -0.0631. The summed E-state index contributed by atoms with van der Waals surface area (Å²) in [6.07, 6.45) is 0.454. The van der Waals surface area contributed by atoms with Crippen LogP contribution in [0.4, 0.5) is 0 Å². The lowest BCUT2D eigenvalue weighted by molar-refractivity contribution is -0.146. The minimum atomic E-state index is -3.85. The molecule has 11 heteroatoms. The van der Waals surface area contributed by atoms with E-state index in [4.69, 9.17) is 14.2 Å². The molecule has 0 unspecified atom stereocenters. The van der Waals surface area contributed by atoms with Crippen LogP contribution >= 0.6 is 0 Å². The highest BCUT2D eigenvalue weighted by molar-refractivity contribution is 7.89. The second-order valence-corrected chi connectivity index (χ2v) is 11.8. The molecule has 3 heterocycles. The fraction of sp³-hybridized carbons (Fsp3) is 0.720. The first-order valence-electron chi connectivity index (χ1n) is 12.9. The molecule has 1 amide bonds. The normalized spacial score (nSPS) is 28.6. The molecule has 4 rings (SSSR count). The molecule has 0 aromatic heterocycles. The summed E-state index contributed by atoms with van der Waals surface area (Å²) in [5.41, 5.74) is 0.847. The van der Waals surface area contributed by atoms with Crippen LogP contribution in [0.15, 0.2) is 29.2 Å². The van der Waals surface area contributed by atoms with Gasteiger partial charge in [-0.25, -0.2) is 8.42 Å². The third-order valence-electron chi connectivity index (χ3n) is 7.02. The first kappa shape index (κ1) is 27.4. The van der Waals surface area contributed by atoms with Gasteiger partial charge in [-0.05, 0) is 50.4 Å². The zero-order valence-corrected chi connectivity index (χ0v) is 21.8. The molecule has 3 aliphatic heterocycles. The van der Waals surface area contributed by atoms with Gasteiger partial charge in [-0.2, -0.15) is 4.31 Å². The second-order valence-electron chi connectivity index (χ2n) is 9.89. The smallest absolute Gasteiger partial charge is 0.243 e. The van der Waals surface area contributed by atoms with Crippen molar-refractivity contribution < 1.29 is 32.5 Å². The highest BCUT2D eigenvalue weighted by Gasteiger charge is 2.43. The lowest BCUT2D eigenvalue weighted by Gasteiger charge is -2.43. The number of aliphatic hydroxyl groups excluding tert-OH is 1. The number of nitrogens with zero attached hydrogens (tertiary/aromatic N) is 2. The number of β-amino-alcohol motifs (C(OH)–C–C–N with tert-alkyl or cyclic N) is 1. The third kappa shape index (κ3) is 7.25. The van der Waals surface area contributed by atoms with E-state index in [1.807, 2.05) is 13.0 Å². The van der Waals surface area contributed by atoms with Crippen LogP contribution < -0.4 is 5.32 Å². The summed E-state index contributed by atoms with van der Waals surface area (Å²) in [6, 6.07) is 6.31. The Bertz CT molecular complexity index is 970. The molecule has 1 aromatic carbocycles. The number of nitrogens with one attached hydrogen (secondary N) is 1. The standard InChI is InChI=1S/C25H39N3O7S/c1-19-4-2-5-22(14-19)36(31,32)28-16-20(29)17-34-18-24-23(28)7-6-21(35-24)15-25(30)26-8-3-9-27-10-12-33-13-11-27/h2,4-5,14,20-21,23-24,29H,3,6-13,15-18H2,1H3,(H,26,30)/t20-,21-,23-,24+/m1/s1. The number of aliphatic hydroxyl groups is 1. The number of benzene rings is 1. The van der Waals surface area contributed by atoms with Crippen molar-refractivity contribution in [2.75, 3.05) is 59.2 Å². The average Bonchev–Trinajstić information content (AvgIpc) is 2.85. The summed E-state index contributed by atoms with van der Waals surface area (Å²) < 4.78 is 45.7. The number of carbonyl (C=O) groups excluding carboxylic acids is 1. The zero-order valence-electron chi connectivity index (χ0n) is 21.0. The first-order chi connectivity index (χ1) is 17.3. The summed E-state index contributed by atoms with van der Waals surface area (Å²) in [4.78, 5) is 15.1. The largest absolute Gasteiger partial charge is 0.389 e. The number of hydrogen-bond donors (Lipinski definition) is 2. The topological polar surface area (TPSA) is 118 Å². The maximum atomic E-state index is 13.6. The van der Waals surface area contributed by atoms with Crippen molar-refractivity contribution in [3.63, 3.8) is 0 Å². The van der Waals surface area contributed by atoms with Gasteiger partial charge in [-0.15, -0.1) is 0 Å². The Balaban J connectivity index is 1.33. The van der Waals surface area contributed by atoms with E-state index in [1.54, 1.807) is 18.2 Å². The monoisotopic (exact) mass is 525 g/mol. The van der Waals surface area contributed by atoms with Crippen LogP contribution in [-0.4, -0.2) is 112 Å². The van der Waals surface area contributed by atoms with Crippen LogP contribution in [0.25, 0.3) is 0 Å². The Kier molecular flexibility index (Phi) is 9.73. The Hall–Kier alpha value is -1.60. The Labute approximate surface area is 213 Å². The molecular formula is C25H39N3O7S. The van der Waals surface area contributed by atoms with E-state index in [0.717, 1.165) is 44.8 Å². The molecule has 2 N–H and O–H groups in total.